The molecule has 0 bridgehead atoms. The molecule has 2 aliphatic heterocycles. The Bertz CT molecular complexity index is 544. The van der Waals surface area contributed by atoms with Crippen LogP contribution in [0, 0.1) is 6.92 Å². The van der Waals surface area contributed by atoms with E-state index < -0.39 is 0 Å². The highest BCUT2D eigenvalue weighted by molar-refractivity contribution is 5.85. The van der Waals surface area contributed by atoms with Crippen molar-refractivity contribution in [3.63, 3.8) is 0 Å². The van der Waals surface area contributed by atoms with Crippen molar-refractivity contribution in [1.82, 2.24) is 4.90 Å². The first-order valence-corrected chi connectivity index (χ1v) is 7.65. The van der Waals surface area contributed by atoms with Crippen molar-refractivity contribution in [3.8, 4) is 5.75 Å². The monoisotopic (exact) mass is 289 g/mol. The number of likely N-dealkylation sites (tertiary alicyclic amines) is 1. The minimum Gasteiger partial charge on any atom is -0.488 e. The molecule has 114 valence electrons. The van der Waals surface area contributed by atoms with E-state index in [4.69, 9.17) is 15.7 Å². The summed E-state index contributed by atoms with van der Waals surface area (Å²) in [7, 11) is 0. The smallest absolute Gasteiger partial charge is 0.156 e. The molecule has 2 aliphatic rings. The molecule has 0 spiro atoms. The van der Waals surface area contributed by atoms with Crippen LogP contribution in [-0.4, -0.2) is 41.2 Å². The molecule has 1 saturated heterocycles. The Morgan fingerprint density at radius 3 is 3.14 bits per heavy atom. The van der Waals surface area contributed by atoms with Gasteiger partial charge in [0.2, 0.25) is 0 Å². The summed E-state index contributed by atoms with van der Waals surface area (Å²) in [4.78, 5) is 2.29. The second kappa shape index (κ2) is 5.93. The third kappa shape index (κ3) is 2.97. The van der Waals surface area contributed by atoms with Crippen molar-refractivity contribution in [3.05, 3.63) is 29.3 Å². The number of nitrogens with zero attached hydrogens (tertiary/aromatic N) is 2. The van der Waals surface area contributed by atoms with Crippen LogP contribution in [0.5, 0.6) is 5.75 Å². The molecule has 0 aliphatic carbocycles. The number of rotatable bonds is 3. The lowest BCUT2D eigenvalue weighted by Gasteiger charge is -2.35. The molecule has 1 fully saturated rings. The summed E-state index contributed by atoms with van der Waals surface area (Å²) in [6, 6.07) is 6.38. The van der Waals surface area contributed by atoms with Gasteiger partial charge in [0, 0.05) is 13.0 Å². The number of oxime groups is 1. The van der Waals surface area contributed by atoms with Crippen molar-refractivity contribution in [2.75, 3.05) is 13.1 Å². The lowest BCUT2D eigenvalue weighted by molar-refractivity contribution is 0.113. The lowest BCUT2D eigenvalue weighted by atomic mass is 10.00. The van der Waals surface area contributed by atoms with E-state index in [9.17, 15) is 0 Å². The van der Waals surface area contributed by atoms with E-state index in [-0.39, 0.29) is 12.1 Å². The first kappa shape index (κ1) is 14.2. The minimum absolute atomic E-state index is 0.0396. The molecular formula is C16H23N3O2. The van der Waals surface area contributed by atoms with Crippen LogP contribution in [-0.2, 0) is 6.42 Å². The molecule has 2 unspecified atom stereocenters. The standard InChI is InChI=1S/C16H23N3O2/c1-11-5-6-15-12(8-11)9-13(21-15)10-19-7-3-2-4-14(19)16(17)18-20/h5-6,8,13-14,20H,2-4,7,9-10H2,1H3,(H2,17,18). The Hall–Kier alpha value is -1.75. The van der Waals surface area contributed by atoms with Crippen molar-refractivity contribution in [2.45, 2.75) is 44.8 Å². The van der Waals surface area contributed by atoms with Crippen LogP contribution >= 0.6 is 0 Å². The molecule has 1 aromatic rings. The van der Waals surface area contributed by atoms with Gasteiger partial charge in [-0.25, -0.2) is 0 Å². The molecule has 5 heteroatoms. The third-order valence-electron chi connectivity index (χ3n) is 4.47. The van der Waals surface area contributed by atoms with Crippen LogP contribution in [0.3, 0.4) is 0 Å². The summed E-state index contributed by atoms with van der Waals surface area (Å²) < 4.78 is 6.04. The first-order valence-electron chi connectivity index (χ1n) is 7.65. The SMILES string of the molecule is Cc1ccc2c(c1)CC(CN1CCCCC1C(N)=NO)O2. The van der Waals surface area contributed by atoms with Crippen molar-refractivity contribution >= 4 is 5.84 Å². The van der Waals surface area contributed by atoms with Gasteiger partial charge >= 0.3 is 0 Å². The maximum absolute atomic E-state index is 8.94. The number of ether oxygens (including phenoxy) is 1. The quantitative estimate of drug-likeness (QED) is 0.386. The maximum atomic E-state index is 8.94. The van der Waals surface area contributed by atoms with E-state index in [0.29, 0.717) is 5.84 Å². The second-order valence-electron chi connectivity index (χ2n) is 6.09. The van der Waals surface area contributed by atoms with Crippen LogP contribution in [0.15, 0.2) is 23.4 Å². The predicted molar refractivity (Wildman–Crippen MR) is 81.9 cm³/mol. The fourth-order valence-electron chi connectivity index (χ4n) is 3.42. The zero-order chi connectivity index (χ0) is 14.8. The van der Waals surface area contributed by atoms with Gasteiger partial charge in [-0.2, -0.15) is 0 Å². The fraction of sp³-hybridized carbons (Fsp3) is 0.562. The van der Waals surface area contributed by atoms with E-state index in [1.807, 2.05) is 0 Å². The lowest BCUT2D eigenvalue weighted by Crippen LogP contribution is -2.50. The normalized spacial score (nSPS) is 26.4. The number of nitrogens with two attached hydrogens (primary N) is 1. The van der Waals surface area contributed by atoms with Crippen molar-refractivity contribution < 1.29 is 9.94 Å². The largest absolute Gasteiger partial charge is 0.488 e. The van der Waals surface area contributed by atoms with Crippen molar-refractivity contribution in [2.24, 2.45) is 10.9 Å². The van der Waals surface area contributed by atoms with Gasteiger partial charge in [0.05, 0.1) is 6.04 Å². The molecule has 0 radical (unpaired) electrons. The van der Waals surface area contributed by atoms with Crippen LogP contribution < -0.4 is 10.5 Å². The summed E-state index contributed by atoms with van der Waals surface area (Å²) >= 11 is 0. The molecule has 3 N–H and O–H groups in total. The number of benzene rings is 1. The first-order chi connectivity index (χ1) is 10.2. The Balaban J connectivity index is 1.67. The van der Waals surface area contributed by atoms with E-state index >= 15 is 0 Å². The summed E-state index contributed by atoms with van der Waals surface area (Å²) in [5.41, 5.74) is 8.39. The van der Waals surface area contributed by atoms with E-state index in [1.54, 1.807) is 0 Å². The van der Waals surface area contributed by atoms with Gasteiger partial charge in [-0.15, -0.1) is 0 Å². The number of hydrogen-bond donors (Lipinski definition) is 2. The summed E-state index contributed by atoms with van der Waals surface area (Å²) in [6.07, 6.45) is 4.34. The average Bonchev–Trinajstić information content (AvgIpc) is 2.88. The molecule has 2 atom stereocenters. The van der Waals surface area contributed by atoms with Gasteiger partial charge in [-0.05, 0) is 37.9 Å². The highest BCUT2D eigenvalue weighted by Crippen LogP contribution is 2.30. The molecule has 2 heterocycles. The molecule has 0 saturated carbocycles. The minimum atomic E-state index is 0.0396. The Morgan fingerprint density at radius 1 is 1.48 bits per heavy atom. The average molecular weight is 289 g/mol. The summed E-state index contributed by atoms with van der Waals surface area (Å²) in [5, 5.41) is 12.1. The van der Waals surface area contributed by atoms with Crippen LogP contribution in [0.25, 0.3) is 0 Å². The van der Waals surface area contributed by atoms with Gasteiger partial charge in [0.1, 0.15) is 11.9 Å². The number of aryl methyl sites for hydroxylation is 1. The van der Waals surface area contributed by atoms with Gasteiger partial charge in [0.25, 0.3) is 0 Å². The van der Waals surface area contributed by atoms with E-state index in [1.165, 1.54) is 11.1 Å². The second-order valence-corrected chi connectivity index (χ2v) is 6.09. The maximum Gasteiger partial charge on any atom is 0.156 e. The molecule has 0 aromatic heterocycles. The molecule has 0 amide bonds. The molecule has 5 nitrogen and oxygen atoms in total. The number of fused-ring (bicyclic) bond motifs is 1. The van der Waals surface area contributed by atoms with Crippen LogP contribution in [0.1, 0.15) is 30.4 Å². The zero-order valence-electron chi connectivity index (χ0n) is 12.5. The highest BCUT2D eigenvalue weighted by atomic mass is 16.5. The molecule has 1 aromatic carbocycles. The van der Waals surface area contributed by atoms with Crippen LogP contribution in [0.2, 0.25) is 0 Å². The molecule has 21 heavy (non-hydrogen) atoms. The van der Waals surface area contributed by atoms with Crippen molar-refractivity contribution in [1.29, 1.82) is 0 Å². The summed E-state index contributed by atoms with van der Waals surface area (Å²) in [6.45, 7) is 3.91. The Morgan fingerprint density at radius 2 is 2.33 bits per heavy atom. The van der Waals surface area contributed by atoms with E-state index in [2.05, 4.69) is 35.2 Å². The third-order valence-corrected chi connectivity index (χ3v) is 4.47. The summed E-state index contributed by atoms with van der Waals surface area (Å²) in [5.74, 6) is 1.32. The molecule has 3 rings (SSSR count). The van der Waals surface area contributed by atoms with Gasteiger partial charge in [0.15, 0.2) is 5.84 Å². The number of piperidine rings is 1. The van der Waals surface area contributed by atoms with Gasteiger partial charge < -0.3 is 15.7 Å². The predicted octanol–water partition coefficient (Wildman–Crippen LogP) is 1.90. The van der Waals surface area contributed by atoms with E-state index in [0.717, 1.165) is 44.5 Å². The Labute approximate surface area is 125 Å². The fourth-order valence-corrected chi connectivity index (χ4v) is 3.42. The van der Waals surface area contributed by atoms with Crippen LogP contribution in [0.4, 0.5) is 0 Å². The highest BCUT2D eigenvalue weighted by Gasteiger charge is 2.31. The van der Waals surface area contributed by atoms with Gasteiger partial charge in [-0.1, -0.05) is 29.3 Å². The van der Waals surface area contributed by atoms with Gasteiger partial charge in [-0.3, -0.25) is 4.90 Å². The topological polar surface area (TPSA) is 71.1 Å². The number of hydrogen-bond acceptors (Lipinski definition) is 4. The molecular weight excluding hydrogens is 266 g/mol. The zero-order valence-corrected chi connectivity index (χ0v) is 12.5. The number of amidine groups is 1. The Kier molecular flexibility index (Phi) is 4.01.